The average Bonchev–Trinajstić information content (AvgIpc) is 3.09. The molecule has 1 heterocycles. The minimum atomic E-state index is -0.682. The number of likely N-dealkylation sites (tertiary alicyclic amines) is 1. The Balaban J connectivity index is 1.93. The van der Waals surface area contributed by atoms with Crippen LogP contribution in [0.2, 0.25) is 0 Å². The molecule has 2 fully saturated rings. The standard InChI is InChI=1S/C26H29NO5/c1-16-12-13-21(32-3)20(14-16)24(28)22-23(17-8-7-11-19(15-17)31-2)27(26(30)25(22)29)18-9-5-4-6-10-18/h7-8,11-15,18,23,28H,4-6,9-10H2,1-3H3/b24-22+. The van der Waals surface area contributed by atoms with Gasteiger partial charge >= 0.3 is 0 Å². The summed E-state index contributed by atoms with van der Waals surface area (Å²) in [6.07, 6.45) is 4.86. The minimum Gasteiger partial charge on any atom is -0.507 e. The molecule has 6 heteroatoms. The molecule has 1 N–H and O–H groups in total. The predicted molar refractivity (Wildman–Crippen MR) is 122 cm³/mol. The van der Waals surface area contributed by atoms with Gasteiger partial charge in [0.15, 0.2) is 0 Å². The molecule has 168 valence electrons. The number of Topliss-reactive ketones (excluding diaryl/α,β-unsaturated/α-hetero) is 1. The third-order valence-corrected chi connectivity index (χ3v) is 6.47. The van der Waals surface area contributed by atoms with Gasteiger partial charge in [0, 0.05) is 6.04 Å². The van der Waals surface area contributed by atoms with E-state index in [1.165, 1.54) is 7.11 Å². The lowest BCUT2D eigenvalue weighted by Crippen LogP contribution is -2.40. The lowest BCUT2D eigenvalue weighted by molar-refractivity contribution is -0.141. The molecule has 1 aliphatic heterocycles. The quantitative estimate of drug-likeness (QED) is 0.416. The van der Waals surface area contributed by atoms with E-state index in [1.54, 1.807) is 24.1 Å². The van der Waals surface area contributed by atoms with Crippen molar-refractivity contribution in [3.8, 4) is 11.5 Å². The molecule has 2 aliphatic rings. The summed E-state index contributed by atoms with van der Waals surface area (Å²) in [5.41, 5.74) is 2.15. The number of hydrogen-bond acceptors (Lipinski definition) is 5. The Hall–Kier alpha value is -3.28. The minimum absolute atomic E-state index is 0.0406. The van der Waals surface area contributed by atoms with Crippen molar-refractivity contribution in [3.05, 3.63) is 64.7 Å². The Morgan fingerprint density at radius 1 is 1.00 bits per heavy atom. The fourth-order valence-corrected chi connectivity index (χ4v) is 4.88. The lowest BCUT2D eigenvalue weighted by atomic mass is 9.90. The summed E-state index contributed by atoms with van der Waals surface area (Å²) in [7, 11) is 3.09. The van der Waals surface area contributed by atoms with Crippen molar-refractivity contribution in [1.29, 1.82) is 0 Å². The van der Waals surface area contributed by atoms with Gasteiger partial charge in [0.2, 0.25) is 0 Å². The number of methoxy groups -OCH3 is 2. The van der Waals surface area contributed by atoms with Crippen molar-refractivity contribution in [2.45, 2.75) is 51.1 Å². The number of amides is 1. The van der Waals surface area contributed by atoms with Gasteiger partial charge in [-0.15, -0.1) is 0 Å². The van der Waals surface area contributed by atoms with Crippen molar-refractivity contribution in [3.63, 3.8) is 0 Å². The third kappa shape index (κ3) is 3.85. The Morgan fingerprint density at radius 3 is 2.44 bits per heavy atom. The van der Waals surface area contributed by atoms with Gasteiger partial charge in [-0.2, -0.15) is 0 Å². The highest BCUT2D eigenvalue weighted by molar-refractivity contribution is 6.46. The van der Waals surface area contributed by atoms with E-state index < -0.39 is 17.7 Å². The van der Waals surface area contributed by atoms with Crippen molar-refractivity contribution < 1.29 is 24.2 Å². The highest BCUT2D eigenvalue weighted by Crippen LogP contribution is 2.44. The SMILES string of the molecule is COc1cccc(C2/C(=C(\O)c3cc(C)ccc3OC)C(=O)C(=O)N2C2CCCCC2)c1. The number of carbonyl (C=O) groups is 2. The van der Waals surface area contributed by atoms with Crippen LogP contribution in [0.4, 0.5) is 0 Å². The maximum absolute atomic E-state index is 13.3. The van der Waals surface area contributed by atoms with Crippen LogP contribution >= 0.6 is 0 Å². The Kier molecular flexibility index (Phi) is 6.21. The van der Waals surface area contributed by atoms with E-state index >= 15 is 0 Å². The first kappa shape index (κ1) is 21.9. The smallest absolute Gasteiger partial charge is 0.295 e. The number of aryl methyl sites for hydroxylation is 1. The molecule has 0 radical (unpaired) electrons. The van der Waals surface area contributed by atoms with Gasteiger partial charge in [-0.25, -0.2) is 0 Å². The van der Waals surface area contributed by atoms with Crippen molar-refractivity contribution in [2.24, 2.45) is 0 Å². The molecule has 2 aromatic rings. The van der Waals surface area contributed by atoms with Crippen molar-refractivity contribution >= 4 is 17.4 Å². The van der Waals surface area contributed by atoms with Gasteiger partial charge in [0.1, 0.15) is 17.3 Å². The van der Waals surface area contributed by atoms with Gasteiger partial charge in [-0.3, -0.25) is 9.59 Å². The molecule has 1 amide bonds. The first-order valence-corrected chi connectivity index (χ1v) is 11.0. The van der Waals surface area contributed by atoms with Crippen LogP contribution in [0.25, 0.3) is 5.76 Å². The van der Waals surface area contributed by atoms with E-state index in [4.69, 9.17) is 9.47 Å². The molecule has 2 aromatic carbocycles. The van der Waals surface area contributed by atoms with Crippen LogP contribution < -0.4 is 9.47 Å². The summed E-state index contributed by atoms with van der Waals surface area (Å²) in [5, 5.41) is 11.4. The maximum Gasteiger partial charge on any atom is 0.295 e. The first-order valence-electron chi connectivity index (χ1n) is 11.0. The molecule has 4 rings (SSSR count). The van der Waals surface area contributed by atoms with Crippen LogP contribution in [0.3, 0.4) is 0 Å². The number of aliphatic hydroxyl groups is 1. The van der Waals surface area contributed by atoms with E-state index in [0.717, 1.165) is 43.2 Å². The van der Waals surface area contributed by atoms with Gasteiger partial charge in [0.25, 0.3) is 11.7 Å². The van der Waals surface area contributed by atoms with Gasteiger partial charge in [0.05, 0.1) is 31.4 Å². The molecular formula is C26H29NO5. The average molecular weight is 436 g/mol. The van der Waals surface area contributed by atoms with E-state index in [-0.39, 0.29) is 17.4 Å². The van der Waals surface area contributed by atoms with Gasteiger partial charge < -0.3 is 19.5 Å². The number of nitrogens with zero attached hydrogens (tertiary/aromatic N) is 1. The topological polar surface area (TPSA) is 76.1 Å². The highest BCUT2D eigenvalue weighted by Gasteiger charge is 2.49. The molecule has 32 heavy (non-hydrogen) atoms. The maximum atomic E-state index is 13.3. The zero-order valence-electron chi connectivity index (χ0n) is 18.8. The van der Waals surface area contributed by atoms with Gasteiger partial charge in [-0.1, -0.05) is 43.0 Å². The lowest BCUT2D eigenvalue weighted by Gasteiger charge is -2.35. The van der Waals surface area contributed by atoms with Crippen LogP contribution in [-0.2, 0) is 9.59 Å². The largest absolute Gasteiger partial charge is 0.507 e. The summed E-state index contributed by atoms with van der Waals surface area (Å²) in [4.78, 5) is 28.3. The highest BCUT2D eigenvalue weighted by atomic mass is 16.5. The summed E-state index contributed by atoms with van der Waals surface area (Å²) < 4.78 is 10.8. The van der Waals surface area contributed by atoms with Crippen LogP contribution in [0.5, 0.6) is 11.5 Å². The normalized spacial score (nSPS) is 21.1. The fraction of sp³-hybridized carbons (Fsp3) is 0.385. The first-order chi connectivity index (χ1) is 15.5. The van der Waals surface area contributed by atoms with Crippen LogP contribution in [0, 0.1) is 6.92 Å². The Morgan fingerprint density at radius 2 is 1.75 bits per heavy atom. The molecule has 1 aliphatic carbocycles. The molecule has 0 spiro atoms. The molecular weight excluding hydrogens is 406 g/mol. The van der Waals surface area contributed by atoms with E-state index in [2.05, 4.69) is 0 Å². The number of carbonyl (C=O) groups excluding carboxylic acids is 2. The number of ketones is 1. The molecule has 1 saturated heterocycles. The van der Waals surface area contributed by atoms with Crippen molar-refractivity contribution in [1.82, 2.24) is 4.90 Å². The number of ether oxygens (including phenoxy) is 2. The number of benzene rings is 2. The molecule has 0 aromatic heterocycles. The third-order valence-electron chi connectivity index (χ3n) is 6.47. The number of aliphatic hydroxyl groups excluding tert-OH is 1. The van der Waals surface area contributed by atoms with Crippen LogP contribution in [0.1, 0.15) is 54.8 Å². The van der Waals surface area contributed by atoms with E-state index in [1.807, 2.05) is 37.3 Å². The molecule has 1 saturated carbocycles. The van der Waals surface area contributed by atoms with Crippen LogP contribution in [-0.4, -0.2) is 42.0 Å². The second-order valence-corrected chi connectivity index (χ2v) is 8.48. The van der Waals surface area contributed by atoms with Crippen molar-refractivity contribution in [2.75, 3.05) is 14.2 Å². The summed E-state index contributed by atoms with van der Waals surface area (Å²) in [6, 6.07) is 12.0. The zero-order valence-corrected chi connectivity index (χ0v) is 18.8. The second-order valence-electron chi connectivity index (χ2n) is 8.48. The predicted octanol–water partition coefficient (Wildman–Crippen LogP) is 4.77. The second kappa shape index (κ2) is 9.07. The summed E-state index contributed by atoms with van der Waals surface area (Å²) in [6.45, 7) is 1.90. The van der Waals surface area contributed by atoms with Gasteiger partial charge in [-0.05, 0) is 49.6 Å². The number of rotatable bonds is 5. The molecule has 0 bridgehead atoms. The summed E-state index contributed by atoms with van der Waals surface area (Å²) >= 11 is 0. The molecule has 1 unspecified atom stereocenters. The number of hydrogen-bond donors (Lipinski definition) is 1. The van der Waals surface area contributed by atoms with E-state index in [0.29, 0.717) is 17.1 Å². The Bertz CT molecular complexity index is 1070. The summed E-state index contributed by atoms with van der Waals surface area (Å²) in [5.74, 6) is -0.358. The van der Waals surface area contributed by atoms with E-state index in [9.17, 15) is 14.7 Å². The molecule has 1 atom stereocenters. The zero-order chi connectivity index (χ0) is 22.8. The fourth-order valence-electron chi connectivity index (χ4n) is 4.88. The Labute approximate surface area is 188 Å². The molecule has 6 nitrogen and oxygen atoms in total. The van der Waals surface area contributed by atoms with Crippen LogP contribution in [0.15, 0.2) is 48.0 Å². The monoisotopic (exact) mass is 435 g/mol.